The molecule has 8 saturated carbocycles. The molecule has 0 aliphatic heterocycles. The SMILES string of the molecule is CC.CC(C)CCC[C@@H](C)C1CC[C@H]2[C@@H]3CC=C4C[C@H](OC(=O)[C@]56CCC(C(C)C)C5[C@H]5CC[C@@H]7[C@@]8(C)CCC(=O)C(C)(C)C8CC[C@@]7(C)[C@]5(C)CC6)CC[C@]4(C)[C@H]3CC[C@]12C. The molecule has 0 aromatic rings. The van der Waals surface area contributed by atoms with Crippen molar-refractivity contribution >= 4 is 11.8 Å². The van der Waals surface area contributed by atoms with Crippen molar-refractivity contribution in [2.24, 2.45) is 109 Å². The van der Waals surface area contributed by atoms with Crippen molar-refractivity contribution in [1.29, 1.82) is 0 Å². The van der Waals surface area contributed by atoms with Gasteiger partial charge in [0.2, 0.25) is 0 Å². The lowest BCUT2D eigenvalue weighted by Gasteiger charge is -2.72. The lowest BCUT2D eigenvalue weighted by molar-refractivity contribution is -0.238. The van der Waals surface area contributed by atoms with Crippen molar-refractivity contribution in [1.82, 2.24) is 0 Å². The van der Waals surface area contributed by atoms with Crippen LogP contribution in [0.15, 0.2) is 11.6 Å². The van der Waals surface area contributed by atoms with Gasteiger partial charge in [0.1, 0.15) is 11.9 Å². The maximum absolute atomic E-state index is 15.3. The van der Waals surface area contributed by atoms with Gasteiger partial charge in [-0.1, -0.05) is 128 Å². The summed E-state index contributed by atoms with van der Waals surface area (Å²) >= 11 is 0. The van der Waals surface area contributed by atoms with E-state index in [1.54, 1.807) is 5.57 Å². The predicted molar refractivity (Wildman–Crippen MR) is 258 cm³/mol. The first-order valence-electron chi connectivity index (χ1n) is 27.6. The Hall–Kier alpha value is -1.12. The molecular formula is C59H98O3. The van der Waals surface area contributed by atoms with E-state index in [1.807, 2.05) is 13.8 Å². The molecule has 3 heteroatoms. The van der Waals surface area contributed by atoms with E-state index in [2.05, 4.69) is 89.2 Å². The van der Waals surface area contributed by atoms with Gasteiger partial charge in [-0.2, -0.15) is 0 Å². The summed E-state index contributed by atoms with van der Waals surface area (Å²) in [5.41, 5.74) is 2.64. The largest absolute Gasteiger partial charge is 0.462 e. The Morgan fingerprint density at radius 1 is 0.694 bits per heavy atom. The second kappa shape index (κ2) is 16.6. The third-order valence-corrected chi connectivity index (χ3v) is 24.0. The van der Waals surface area contributed by atoms with Crippen molar-refractivity contribution in [3.63, 3.8) is 0 Å². The van der Waals surface area contributed by atoms with E-state index >= 15 is 4.79 Å². The number of carbonyl (C=O) groups excluding carboxylic acids is 2. The predicted octanol–water partition coefficient (Wildman–Crippen LogP) is 16.3. The first-order chi connectivity index (χ1) is 29.2. The zero-order chi connectivity index (χ0) is 45.0. The Labute approximate surface area is 383 Å². The monoisotopic (exact) mass is 855 g/mol. The molecule has 0 amide bonds. The van der Waals surface area contributed by atoms with Crippen LogP contribution in [-0.4, -0.2) is 17.9 Å². The second-order valence-electron chi connectivity index (χ2n) is 27.0. The third-order valence-electron chi connectivity index (χ3n) is 24.0. The van der Waals surface area contributed by atoms with Crippen molar-refractivity contribution in [2.75, 3.05) is 0 Å². The summed E-state index contributed by atoms with van der Waals surface area (Å²) in [7, 11) is 0. The molecule has 0 heterocycles. The van der Waals surface area contributed by atoms with E-state index in [9.17, 15) is 4.79 Å². The van der Waals surface area contributed by atoms with Crippen LogP contribution in [0.3, 0.4) is 0 Å². The number of esters is 1. The highest BCUT2D eigenvalue weighted by Gasteiger charge is 2.72. The van der Waals surface area contributed by atoms with Gasteiger partial charge in [0.15, 0.2) is 0 Å². The van der Waals surface area contributed by atoms with Crippen LogP contribution in [0.25, 0.3) is 0 Å². The molecule has 0 N–H and O–H groups in total. The van der Waals surface area contributed by atoms with Gasteiger partial charge in [-0.15, -0.1) is 0 Å². The smallest absolute Gasteiger partial charge is 0.312 e. The summed E-state index contributed by atoms with van der Waals surface area (Å²) in [6.45, 7) is 34.2. The lowest BCUT2D eigenvalue weighted by atomic mass is 9.32. The van der Waals surface area contributed by atoms with E-state index in [1.165, 1.54) is 96.3 Å². The Morgan fingerprint density at radius 3 is 2.13 bits per heavy atom. The molecule has 9 aliphatic carbocycles. The molecule has 0 radical (unpaired) electrons. The quantitative estimate of drug-likeness (QED) is 0.180. The summed E-state index contributed by atoms with van der Waals surface area (Å²) in [6.07, 6.45) is 28.4. The number of hydrogen-bond acceptors (Lipinski definition) is 3. The molecule has 0 aromatic carbocycles. The zero-order valence-electron chi connectivity index (χ0n) is 43.2. The fourth-order valence-electron chi connectivity index (χ4n) is 20.6. The number of ketones is 1. The lowest BCUT2D eigenvalue weighted by Crippen LogP contribution is -2.67. The van der Waals surface area contributed by atoms with Crippen molar-refractivity contribution in [2.45, 2.75) is 238 Å². The Balaban J connectivity index is 0.00000261. The van der Waals surface area contributed by atoms with Crippen molar-refractivity contribution in [3.8, 4) is 0 Å². The number of fused-ring (bicyclic) bond motifs is 12. The average molecular weight is 855 g/mol. The van der Waals surface area contributed by atoms with Gasteiger partial charge < -0.3 is 4.74 Å². The van der Waals surface area contributed by atoms with Crippen molar-refractivity contribution < 1.29 is 14.3 Å². The van der Waals surface area contributed by atoms with E-state index in [0.717, 1.165) is 74.0 Å². The van der Waals surface area contributed by atoms with E-state index in [-0.39, 0.29) is 44.6 Å². The second-order valence-corrected chi connectivity index (χ2v) is 27.0. The van der Waals surface area contributed by atoms with Crippen LogP contribution in [0.1, 0.15) is 232 Å². The number of rotatable bonds is 8. The van der Waals surface area contributed by atoms with Crippen LogP contribution in [-0.2, 0) is 14.3 Å². The van der Waals surface area contributed by atoms with Crippen LogP contribution in [0.4, 0.5) is 0 Å². The molecule has 9 aliphatic rings. The molecule has 9 rings (SSSR count). The molecule has 0 aromatic heterocycles. The summed E-state index contributed by atoms with van der Waals surface area (Å²) in [6, 6.07) is 0. The van der Waals surface area contributed by atoms with Gasteiger partial charge in [0.25, 0.3) is 0 Å². The molecule has 17 atom stereocenters. The molecule has 3 nitrogen and oxygen atoms in total. The summed E-state index contributed by atoms with van der Waals surface area (Å²) in [5.74, 6) is 9.19. The molecule has 0 saturated heterocycles. The van der Waals surface area contributed by atoms with E-state index in [0.29, 0.717) is 46.7 Å². The van der Waals surface area contributed by atoms with Gasteiger partial charge >= 0.3 is 5.97 Å². The fourth-order valence-corrected chi connectivity index (χ4v) is 20.6. The van der Waals surface area contributed by atoms with Gasteiger partial charge in [-0.05, 0) is 201 Å². The minimum atomic E-state index is -0.311. The van der Waals surface area contributed by atoms with E-state index < -0.39 is 0 Å². The molecule has 62 heavy (non-hydrogen) atoms. The Kier molecular flexibility index (Phi) is 12.7. The van der Waals surface area contributed by atoms with Crippen molar-refractivity contribution in [3.05, 3.63) is 11.6 Å². The summed E-state index contributed by atoms with van der Waals surface area (Å²) in [5, 5.41) is 0. The van der Waals surface area contributed by atoms with E-state index in [4.69, 9.17) is 4.74 Å². The molecule has 0 bridgehead atoms. The summed E-state index contributed by atoms with van der Waals surface area (Å²) in [4.78, 5) is 28.6. The van der Waals surface area contributed by atoms with Crippen LogP contribution < -0.4 is 0 Å². The normalized spacial score (nSPS) is 49.4. The van der Waals surface area contributed by atoms with Crippen LogP contribution in [0, 0.1) is 109 Å². The fraction of sp³-hybridized carbons (Fsp3) is 0.932. The summed E-state index contributed by atoms with van der Waals surface area (Å²) < 4.78 is 7.02. The number of hydrogen-bond donors (Lipinski definition) is 0. The minimum Gasteiger partial charge on any atom is -0.462 e. The molecule has 4 unspecified atom stereocenters. The number of carbonyl (C=O) groups is 2. The Morgan fingerprint density at radius 2 is 1.42 bits per heavy atom. The molecule has 352 valence electrons. The first-order valence-corrected chi connectivity index (χ1v) is 27.6. The van der Waals surface area contributed by atoms with Gasteiger partial charge in [-0.3, -0.25) is 9.59 Å². The van der Waals surface area contributed by atoms with Crippen LogP contribution >= 0.6 is 0 Å². The maximum atomic E-state index is 15.3. The topological polar surface area (TPSA) is 43.4 Å². The highest BCUT2D eigenvalue weighted by molar-refractivity contribution is 5.85. The van der Waals surface area contributed by atoms with Gasteiger partial charge in [0, 0.05) is 18.3 Å². The first kappa shape index (κ1) is 47.4. The van der Waals surface area contributed by atoms with Gasteiger partial charge in [-0.25, -0.2) is 0 Å². The number of ether oxygens (including phenoxy) is 1. The molecule has 0 spiro atoms. The highest BCUT2D eigenvalue weighted by atomic mass is 16.5. The standard InChI is InChI=1S/C57H92O3.C2H6/c1-35(2)14-13-15-37(5)42-18-19-43-41-17-16-38-34-39(22-27-52(38,8)44(41)24-28-53(42,43)9)60-50(59)57-31-23-40(36(3)4)49(57)45-20-21-47-54(10)29-26-48(58)51(6,7)46(54)25-30-56(47,12)55(45,11)32-33-57;1-2/h16,35-37,39-47,49H,13-15,17-34H2,1-12H3;1-2H3/t37-,39-,40?,41+,42?,43+,44+,45-,46?,47-,49?,52+,53-,54+,55-,56-,57+;/m1./s1. The van der Waals surface area contributed by atoms with Crippen LogP contribution in [0.2, 0.25) is 0 Å². The minimum absolute atomic E-state index is 0.0482. The average Bonchev–Trinajstić information content (AvgIpc) is 3.80. The Bertz CT molecular complexity index is 1700. The molecular weight excluding hydrogens is 757 g/mol. The van der Waals surface area contributed by atoms with Crippen LogP contribution in [0.5, 0.6) is 0 Å². The number of Topliss-reactive ketones (excluding diaryl/α,β-unsaturated/α-hetero) is 1. The maximum Gasteiger partial charge on any atom is 0.312 e. The molecule has 8 fully saturated rings. The zero-order valence-corrected chi connectivity index (χ0v) is 43.2. The highest BCUT2D eigenvalue weighted by Crippen LogP contribution is 2.78. The third kappa shape index (κ3) is 6.84. The van der Waals surface area contributed by atoms with Gasteiger partial charge in [0.05, 0.1) is 5.41 Å². The number of allylic oxidation sites excluding steroid dienone is 1.